The van der Waals surface area contributed by atoms with Gasteiger partial charge in [-0.3, -0.25) is 9.78 Å². The van der Waals surface area contributed by atoms with E-state index in [1.54, 1.807) is 29.4 Å². The Hall–Kier alpha value is -3.94. The number of carbonyl (C=O) groups is 1. The summed E-state index contributed by atoms with van der Waals surface area (Å²) in [5.41, 5.74) is 1.59. The van der Waals surface area contributed by atoms with Gasteiger partial charge >= 0.3 is 0 Å². The fraction of sp³-hybridized carbons (Fsp3) is 0.143. The number of ether oxygens (including phenoxy) is 1. The maximum Gasteiger partial charge on any atom is 0.289 e. The third-order valence-corrected chi connectivity index (χ3v) is 4.62. The lowest BCUT2D eigenvalue weighted by Crippen LogP contribution is -2.56. The van der Waals surface area contributed by atoms with E-state index in [0.29, 0.717) is 30.6 Å². The van der Waals surface area contributed by atoms with Crippen molar-refractivity contribution in [2.24, 2.45) is 0 Å². The van der Waals surface area contributed by atoms with E-state index in [1.165, 1.54) is 6.26 Å². The number of hydrogen-bond acceptors (Lipinski definition) is 7. The summed E-state index contributed by atoms with van der Waals surface area (Å²) in [4.78, 5) is 22.3. The first kappa shape index (κ1) is 17.2. The highest BCUT2D eigenvalue weighted by atomic mass is 16.5. The molecule has 0 saturated carbocycles. The van der Waals surface area contributed by atoms with Crippen LogP contribution in [0.4, 0.5) is 0 Å². The zero-order valence-electron chi connectivity index (χ0n) is 15.3. The van der Waals surface area contributed by atoms with Gasteiger partial charge in [-0.25, -0.2) is 0 Å². The molecule has 8 heteroatoms. The lowest BCUT2D eigenvalue weighted by Gasteiger charge is -2.38. The quantitative estimate of drug-likeness (QED) is 0.518. The molecule has 144 valence electrons. The van der Waals surface area contributed by atoms with Crippen LogP contribution < -0.4 is 4.74 Å². The SMILES string of the molecule is O=C(c1ccco1)N1CC(Oc2ccc(-c3noc(-c4cccnc4)n3)cc2)C1. The Balaban J connectivity index is 1.20. The Labute approximate surface area is 165 Å². The lowest BCUT2D eigenvalue weighted by atomic mass is 10.1. The van der Waals surface area contributed by atoms with Crippen molar-refractivity contribution >= 4 is 5.91 Å². The number of amides is 1. The van der Waals surface area contributed by atoms with Gasteiger partial charge in [-0.05, 0) is 48.5 Å². The molecule has 3 aromatic heterocycles. The molecule has 0 unspecified atom stereocenters. The summed E-state index contributed by atoms with van der Waals surface area (Å²) < 4.78 is 16.4. The molecule has 8 nitrogen and oxygen atoms in total. The van der Waals surface area contributed by atoms with Crippen molar-refractivity contribution in [3.63, 3.8) is 0 Å². The van der Waals surface area contributed by atoms with Gasteiger partial charge in [0.1, 0.15) is 11.9 Å². The van der Waals surface area contributed by atoms with Gasteiger partial charge in [0.15, 0.2) is 5.76 Å². The second-order valence-corrected chi connectivity index (χ2v) is 6.62. The van der Waals surface area contributed by atoms with Gasteiger partial charge in [-0.15, -0.1) is 0 Å². The number of benzene rings is 1. The van der Waals surface area contributed by atoms with Crippen LogP contribution in [0.3, 0.4) is 0 Å². The van der Waals surface area contributed by atoms with E-state index in [1.807, 2.05) is 36.4 Å². The molecule has 0 bridgehead atoms. The van der Waals surface area contributed by atoms with Crippen LogP contribution in [0.1, 0.15) is 10.6 Å². The molecule has 1 aliphatic heterocycles. The van der Waals surface area contributed by atoms with Crippen LogP contribution in [-0.4, -0.2) is 45.1 Å². The second kappa shape index (κ2) is 7.23. The number of pyridine rings is 1. The van der Waals surface area contributed by atoms with Crippen LogP contribution >= 0.6 is 0 Å². The average Bonchev–Trinajstić information content (AvgIpc) is 3.43. The zero-order chi connectivity index (χ0) is 19.6. The Kier molecular flexibility index (Phi) is 4.28. The largest absolute Gasteiger partial charge is 0.487 e. The molecule has 0 radical (unpaired) electrons. The molecular formula is C21H16N4O4. The smallest absolute Gasteiger partial charge is 0.289 e. The first-order chi connectivity index (χ1) is 14.3. The third kappa shape index (κ3) is 3.47. The Morgan fingerprint density at radius 1 is 1.07 bits per heavy atom. The Morgan fingerprint density at radius 2 is 1.93 bits per heavy atom. The van der Waals surface area contributed by atoms with Crippen molar-refractivity contribution in [1.29, 1.82) is 0 Å². The monoisotopic (exact) mass is 388 g/mol. The first-order valence-electron chi connectivity index (χ1n) is 9.10. The van der Waals surface area contributed by atoms with E-state index < -0.39 is 0 Å². The minimum atomic E-state index is -0.119. The van der Waals surface area contributed by atoms with Crippen LogP contribution in [0, 0.1) is 0 Å². The van der Waals surface area contributed by atoms with Crippen LogP contribution in [0.25, 0.3) is 22.8 Å². The van der Waals surface area contributed by atoms with Gasteiger partial charge in [-0.2, -0.15) is 4.98 Å². The molecule has 4 heterocycles. The van der Waals surface area contributed by atoms with Crippen LogP contribution in [0.5, 0.6) is 5.75 Å². The van der Waals surface area contributed by atoms with E-state index in [9.17, 15) is 4.79 Å². The summed E-state index contributed by atoms with van der Waals surface area (Å²) >= 11 is 0. The predicted octanol–water partition coefficient (Wildman–Crippen LogP) is 3.30. The third-order valence-electron chi connectivity index (χ3n) is 4.62. The van der Waals surface area contributed by atoms with Gasteiger partial charge in [0, 0.05) is 18.0 Å². The van der Waals surface area contributed by atoms with Gasteiger partial charge in [0.05, 0.1) is 24.9 Å². The molecule has 1 amide bonds. The average molecular weight is 388 g/mol. The van der Waals surface area contributed by atoms with Gasteiger partial charge < -0.3 is 18.6 Å². The summed E-state index contributed by atoms with van der Waals surface area (Å²) in [6.07, 6.45) is 4.81. The molecule has 1 fully saturated rings. The normalized spacial score (nSPS) is 13.9. The highest BCUT2D eigenvalue weighted by molar-refractivity contribution is 5.92. The standard InChI is InChI=1S/C21H16N4O4/c26-21(18-4-2-10-27-18)25-12-17(13-25)28-16-7-5-14(6-8-16)19-23-20(29-24-19)15-3-1-9-22-11-15/h1-11,17H,12-13H2. The molecular weight excluding hydrogens is 372 g/mol. The first-order valence-corrected chi connectivity index (χ1v) is 9.10. The van der Waals surface area contributed by atoms with Crippen LogP contribution in [0.15, 0.2) is 76.1 Å². The molecule has 4 aromatic rings. The summed E-state index contributed by atoms with van der Waals surface area (Å²) in [7, 11) is 0. The zero-order valence-corrected chi connectivity index (χ0v) is 15.3. The molecule has 0 N–H and O–H groups in total. The van der Waals surface area contributed by atoms with Gasteiger partial charge in [-0.1, -0.05) is 5.16 Å². The van der Waals surface area contributed by atoms with Crippen molar-refractivity contribution in [3.05, 3.63) is 72.9 Å². The molecule has 1 saturated heterocycles. The number of aromatic nitrogens is 3. The van der Waals surface area contributed by atoms with E-state index in [4.69, 9.17) is 13.7 Å². The highest BCUT2D eigenvalue weighted by Crippen LogP contribution is 2.25. The van der Waals surface area contributed by atoms with Crippen molar-refractivity contribution in [3.8, 4) is 28.6 Å². The number of rotatable bonds is 5. The molecule has 1 aromatic carbocycles. The minimum absolute atomic E-state index is 0.0397. The van der Waals surface area contributed by atoms with Gasteiger partial charge in [0.25, 0.3) is 11.8 Å². The summed E-state index contributed by atoms with van der Waals surface area (Å²) in [5.74, 6) is 1.86. The molecule has 0 spiro atoms. The maximum absolute atomic E-state index is 12.1. The Morgan fingerprint density at radius 3 is 2.66 bits per heavy atom. The van der Waals surface area contributed by atoms with E-state index in [2.05, 4.69) is 15.1 Å². The van der Waals surface area contributed by atoms with Crippen molar-refractivity contribution in [1.82, 2.24) is 20.0 Å². The minimum Gasteiger partial charge on any atom is -0.487 e. The fourth-order valence-electron chi connectivity index (χ4n) is 3.06. The van der Waals surface area contributed by atoms with E-state index in [0.717, 1.165) is 16.9 Å². The molecule has 0 atom stereocenters. The van der Waals surface area contributed by atoms with Crippen molar-refractivity contribution in [2.45, 2.75) is 6.10 Å². The molecule has 5 rings (SSSR count). The summed E-state index contributed by atoms with van der Waals surface area (Å²) in [6, 6.07) is 14.5. The second-order valence-electron chi connectivity index (χ2n) is 6.62. The topological polar surface area (TPSA) is 94.5 Å². The Bertz CT molecular complexity index is 1100. The number of carbonyl (C=O) groups excluding carboxylic acids is 1. The summed E-state index contributed by atoms with van der Waals surface area (Å²) in [6.45, 7) is 1.06. The number of nitrogens with zero attached hydrogens (tertiary/aromatic N) is 4. The van der Waals surface area contributed by atoms with Crippen LogP contribution in [0.2, 0.25) is 0 Å². The maximum atomic E-state index is 12.1. The number of furan rings is 1. The predicted molar refractivity (Wildman–Crippen MR) is 102 cm³/mol. The molecule has 0 aliphatic carbocycles. The molecule has 29 heavy (non-hydrogen) atoms. The van der Waals surface area contributed by atoms with E-state index >= 15 is 0 Å². The van der Waals surface area contributed by atoms with Crippen molar-refractivity contribution < 1.29 is 18.5 Å². The van der Waals surface area contributed by atoms with Crippen molar-refractivity contribution in [2.75, 3.05) is 13.1 Å². The summed E-state index contributed by atoms with van der Waals surface area (Å²) in [5, 5.41) is 4.03. The number of likely N-dealkylation sites (tertiary alicyclic amines) is 1. The lowest BCUT2D eigenvalue weighted by molar-refractivity contribution is 0.0155. The van der Waals surface area contributed by atoms with Crippen LogP contribution in [-0.2, 0) is 0 Å². The fourth-order valence-corrected chi connectivity index (χ4v) is 3.06. The molecule has 1 aliphatic rings. The number of hydrogen-bond donors (Lipinski definition) is 0. The highest BCUT2D eigenvalue weighted by Gasteiger charge is 2.33. The van der Waals surface area contributed by atoms with E-state index in [-0.39, 0.29) is 12.0 Å². The van der Waals surface area contributed by atoms with Gasteiger partial charge in [0.2, 0.25) is 5.82 Å².